The molecule has 0 aromatic heterocycles. The lowest BCUT2D eigenvalue weighted by atomic mass is 9.98. The molecule has 0 amide bonds. The first-order valence-corrected chi connectivity index (χ1v) is 7.58. The van der Waals surface area contributed by atoms with E-state index in [0.29, 0.717) is 12.0 Å². The zero-order valence-electron chi connectivity index (χ0n) is 13.4. The molecule has 1 unspecified atom stereocenters. The van der Waals surface area contributed by atoms with E-state index >= 15 is 0 Å². The van der Waals surface area contributed by atoms with Crippen molar-refractivity contribution in [1.82, 2.24) is 14.8 Å². The lowest BCUT2D eigenvalue weighted by Gasteiger charge is -2.37. The van der Waals surface area contributed by atoms with Gasteiger partial charge in [-0.05, 0) is 31.8 Å². The third-order valence-corrected chi connectivity index (χ3v) is 4.16. The maximum Gasteiger partial charge on any atom is 0.0222 e. The van der Waals surface area contributed by atoms with Gasteiger partial charge in [-0.15, -0.1) is 0 Å². The SMILES string of the molecule is CCC(C)/C(=C\N(C)N)CN1CCN(C(C)C)CC1. The molecule has 19 heavy (non-hydrogen) atoms. The maximum atomic E-state index is 5.78. The van der Waals surface area contributed by atoms with E-state index in [2.05, 4.69) is 43.7 Å². The molecule has 1 fully saturated rings. The van der Waals surface area contributed by atoms with Gasteiger partial charge in [0.05, 0.1) is 0 Å². The van der Waals surface area contributed by atoms with Crippen molar-refractivity contribution < 1.29 is 0 Å². The number of piperazine rings is 1. The number of hydrogen-bond donors (Lipinski definition) is 1. The molecule has 1 saturated heterocycles. The fraction of sp³-hybridized carbons (Fsp3) is 0.867. The van der Waals surface area contributed by atoms with Crippen molar-refractivity contribution in [3.63, 3.8) is 0 Å². The van der Waals surface area contributed by atoms with Crippen LogP contribution in [0.15, 0.2) is 11.8 Å². The molecule has 1 rings (SSSR count). The predicted octanol–water partition coefficient (Wildman–Crippen LogP) is 1.75. The Morgan fingerprint density at radius 1 is 1.21 bits per heavy atom. The van der Waals surface area contributed by atoms with Gasteiger partial charge in [-0.25, -0.2) is 5.84 Å². The van der Waals surface area contributed by atoms with E-state index in [1.54, 1.807) is 5.01 Å². The Balaban J connectivity index is 2.53. The standard InChI is InChI=1S/C15H32N4/c1-6-14(4)15(11-17(5)16)12-18-7-9-19(10-8-18)13(2)3/h11,13-14H,6-10,12,16H2,1-5H3/b15-11-. The number of rotatable bonds is 6. The Morgan fingerprint density at radius 2 is 1.79 bits per heavy atom. The van der Waals surface area contributed by atoms with E-state index in [0.717, 1.165) is 6.54 Å². The molecule has 0 aliphatic carbocycles. The van der Waals surface area contributed by atoms with Gasteiger partial charge in [-0.2, -0.15) is 0 Å². The first-order valence-electron chi connectivity index (χ1n) is 7.58. The smallest absolute Gasteiger partial charge is 0.0222 e. The van der Waals surface area contributed by atoms with Gasteiger partial charge < -0.3 is 5.01 Å². The molecule has 0 aromatic rings. The van der Waals surface area contributed by atoms with Crippen molar-refractivity contribution in [3.05, 3.63) is 11.8 Å². The fourth-order valence-electron chi connectivity index (χ4n) is 2.54. The van der Waals surface area contributed by atoms with Crippen molar-refractivity contribution in [1.29, 1.82) is 0 Å². The van der Waals surface area contributed by atoms with Crippen molar-refractivity contribution in [2.45, 2.75) is 40.2 Å². The number of hydrogen-bond acceptors (Lipinski definition) is 4. The highest BCUT2D eigenvalue weighted by Gasteiger charge is 2.20. The van der Waals surface area contributed by atoms with Gasteiger partial charge in [0, 0.05) is 52.0 Å². The summed E-state index contributed by atoms with van der Waals surface area (Å²) in [7, 11) is 1.90. The number of nitrogens with two attached hydrogens (primary N) is 1. The van der Waals surface area contributed by atoms with E-state index in [-0.39, 0.29) is 0 Å². The third kappa shape index (κ3) is 5.51. The van der Waals surface area contributed by atoms with Crippen LogP contribution in [0, 0.1) is 5.92 Å². The minimum absolute atomic E-state index is 0.606. The van der Waals surface area contributed by atoms with E-state index in [9.17, 15) is 0 Å². The normalized spacial score (nSPS) is 20.9. The summed E-state index contributed by atoms with van der Waals surface area (Å²) in [5, 5.41) is 1.69. The highest BCUT2D eigenvalue weighted by Crippen LogP contribution is 2.17. The predicted molar refractivity (Wildman–Crippen MR) is 82.6 cm³/mol. The highest BCUT2D eigenvalue weighted by molar-refractivity contribution is 5.07. The maximum absolute atomic E-state index is 5.78. The van der Waals surface area contributed by atoms with Crippen LogP contribution in [0.5, 0.6) is 0 Å². The van der Waals surface area contributed by atoms with Gasteiger partial charge in [0.2, 0.25) is 0 Å². The van der Waals surface area contributed by atoms with Crippen LogP contribution >= 0.6 is 0 Å². The summed E-state index contributed by atoms with van der Waals surface area (Å²) < 4.78 is 0. The molecule has 0 radical (unpaired) electrons. The number of hydrazine groups is 1. The van der Waals surface area contributed by atoms with Crippen LogP contribution in [-0.2, 0) is 0 Å². The summed E-state index contributed by atoms with van der Waals surface area (Å²) in [6.07, 6.45) is 3.27. The van der Waals surface area contributed by atoms with Crippen molar-refractivity contribution >= 4 is 0 Å². The van der Waals surface area contributed by atoms with E-state index in [1.165, 1.54) is 38.2 Å². The van der Waals surface area contributed by atoms with Crippen LogP contribution < -0.4 is 5.84 Å². The van der Waals surface area contributed by atoms with Gasteiger partial charge in [0.1, 0.15) is 0 Å². The second kappa shape index (κ2) is 7.88. The minimum Gasteiger partial charge on any atom is -0.321 e. The second-order valence-electron chi connectivity index (χ2n) is 6.08. The summed E-state index contributed by atoms with van der Waals surface area (Å²) in [4.78, 5) is 5.11. The summed E-state index contributed by atoms with van der Waals surface area (Å²) in [5.41, 5.74) is 1.45. The van der Waals surface area contributed by atoms with Gasteiger partial charge in [0.15, 0.2) is 0 Å². The Morgan fingerprint density at radius 3 is 2.21 bits per heavy atom. The summed E-state index contributed by atoms with van der Waals surface area (Å²) in [6, 6.07) is 0.668. The van der Waals surface area contributed by atoms with Gasteiger partial charge in [0.25, 0.3) is 0 Å². The lowest BCUT2D eigenvalue weighted by molar-refractivity contribution is 0.113. The minimum atomic E-state index is 0.606. The van der Waals surface area contributed by atoms with Crippen molar-refractivity contribution in [2.75, 3.05) is 39.8 Å². The first kappa shape index (κ1) is 16.5. The van der Waals surface area contributed by atoms with Gasteiger partial charge >= 0.3 is 0 Å². The van der Waals surface area contributed by atoms with Crippen LogP contribution in [0.3, 0.4) is 0 Å². The monoisotopic (exact) mass is 268 g/mol. The molecule has 0 spiro atoms. The van der Waals surface area contributed by atoms with Crippen LogP contribution in [-0.4, -0.2) is 60.6 Å². The molecule has 2 N–H and O–H groups in total. The molecular formula is C15H32N4. The van der Waals surface area contributed by atoms with Crippen LogP contribution in [0.1, 0.15) is 34.1 Å². The molecule has 0 saturated carbocycles. The summed E-state index contributed by atoms with van der Waals surface area (Å²) >= 11 is 0. The van der Waals surface area contributed by atoms with Crippen molar-refractivity contribution in [3.8, 4) is 0 Å². The Kier molecular flexibility index (Phi) is 6.83. The molecular weight excluding hydrogens is 236 g/mol. The topological polar surface area (TPSA) is 35.7 Å². The molecule has 1 aliphatic rings. The number of nitrogens with zero attached hydrogens (tertiary/aromatic N) is 3. The van der Waals surface area contributed by atoms with E-state index in [1.807, 2.05) is 7.05 Å². The zero-order chi connectivity index (χ0) is 14.4. The van der Waals surface area contributed by atoms with Crippen LogP contribution in [0.2, 0.25) is 0 Å². The van der Waals surface area contributed by atoms with Gasteiger partial charge in [-0.1, -0.05) is 13.8 Å². The van der Waals surface area contributed by atoms with Gasteiger partial charge in [-0.3, -0.25) is 9.80 Å². The molecule has 0 bridgehead atoms. The zero-order valence-corrected chi connectivity index (χ0v) is 13.4. The second-order valence-corrected chi connectivity index (χ2v) is 6.08. The molecule has 112 valence electrons. The first-order chi connectivity index (χ1) is 8.93. The molecule has 1 atom stereocenters. The lowest BCUT2D eigenvalue weighted by Crippen LogP contribution is -2.49. The van der Waals surface area contributed by atoms with Crippen LogP contribution in [0.4, 0.5) is 0 Å². The van der Waals surface area contributed by atoms with Crippen molar-refractivity contribution in [2.24, 2.45) is 11.8 Å². The average molecular weight is 268 g/mol. The molecule has 0 aromatic carbocycles. The Bertz CT molecular complexity index is 278. The van der Waals surface area contributed by atoms with E-state index < -0.39 is 0 Å². The summed E-state index contributed by atoms with van der Waals surface area (Å²) in [5.74, 6) is 6.39. The quantitative estimate of drug-likeness (QED) is 0.588. The highest BCUT2D eigenvalue weighted by atomic mass is 15.4. The summed E-state index contributed by atoms with van der Waals surface area (Å²) in [6.45, 7) is 14.9. The fourth-order valence-corrected chi connectivity index (χ4v) is 2.54. The molecule has 4 heteroatoms. The Labute approximate surface area is 119 Å². The third-order valence-electron chi connectivity index (χ3n) is 4.16. The van der Waals surface area contributed by atoms with Crippen LogP contribution in [0.25, 0.3) is 0 Å². The molecule has 1 aliphatic heterocycles. The average Bonchev–Trinajstić information content (AvgIpc) is 2.37. The largest absolute Gasteiger partial charge is 0.321 e. The Hall–Kier alpha value is -0.580. The van der Waals surface area contributed by atoms with E-state index in [4.69, 9.17) is 5.84 Å². The molecule has 1 heterocycles. The molecule has 4 nitrogen and oxygen atoms in total.